The first-order chi connectivity index (χ1) is 18.7. The molecule has 1 aliphatic rings. The summed E-state index contributed by atoms with van der Waals surface area (Å²) < 4.78 is 28.6. The van der Waals surface area contributed by atoms with Crippen molar-refractivity contribution in [2.75, 3.05) is 23.9 Å². The maximum Gasteiger partial charge on any atom is 0.239 e. The van der Waals surface area contributed by atoms with Crippen molar-refractivity contribution in [1.82, 2.24) is 10.2 Å². The topological polar surface area (TPSA) is 120 Å². The molecule has 8 nitrogen and oxygen atoms in total. The minimum atomic E-state index is -3.60. The predicted molar refractivity (Wildman–Crippen MR) is 156 cm³/mol. The minimum absolute atomic E-state index is 0.00666. The lowest BCUT2D eigenvalue weighted by Crippen LogP contribution is -2.51. The molecule has 0 bridgehead atoms. The maximum atomic E-state index is 13.5. The highest BCUT2D eigenvalue weighted by Gasteiger charge is 2.29. The molecule has 1 heterocycles. The fourth-order valence-electron chi connectivity index (χ4n) is 4.94. The summed E-state index contributed by atoms with van der Waals surface area (Å²) in [7, 11) is -3.60. The van der Waals surface area contributed by atoms with Gasteiger partial charge < -0.3 is 11.1 Å². The van der Waals surface area contributed by atoms with Crippen LogP contribution < -0.4 is 15.4 Å². The van der Waals surface area contributed by atoms with Crippen molar-refractivity contribution in [3.8, 4) is 0 Å². The normalized spacial score (nSPS) is 15.4. The number of amides is 1. The Bertz CT molecular complexity index is 1340. The van der Waals surface area contributed by atoms with E-state index in [1.807, 2.05) is 72.8 Å². The number of likely N-dealkylation sites (tertiary alicyclic amines) is 1. The van der Waals surface area contributed by atoms with Crippen LogP contribution in [0.1, 0.15) is 36.5 Å². The van der Waals surface area contributed by atoms with Crippen LogP contribution in [0.3, 0.4) is 0 Å². The van der Waals surface area contributed by atoms with Crippen molar-refractivity contribution in [2.24, 2.45) is 5.73 Å². The Morgan fingerprint density at radius 1 is 0.974 bits per heavy atom. The van der Waals surface area contributed by atoms with Gasteiger partial charge in [-0.2, -0.15) is 0 Å². The average Bonchev–Trinajstić information content (AvgIpc) is 2.93. The van der Waals surface area contributed by atoms with E-state index in [0.717, 1.165) is 37.1 Å². The number of piperidine rings is 1. The van der Waals surface area contributed by atoms with Crippen molar-refractivity contribution in [3.05, 3.63) is 102 Å². The minimum Gasteiger partial charge on any atom is -0.384 e. The molecule has 4 rings (SSSR count). The van der Waals surface area contributed by atoms with E-state index in [-0.39, 0.29) is 36.0 Å². The Morgan fingerprint density at radius 2 is 1.56 bits per heavy atom. The molecule has 9 heteroatoms. The van der Waals surface area contributed by atoms with Gasteiger partial charge in [-0.1, -0.05) is 72.8 Å². The number of carbonyl (C=O) groups is 1. The zero-order valence-electron chi connectivity index (χ0n) is 22.3. The molecule has 206 valence electrons. The molecule has 0 saturated carbocycles. The fraction of sp³-hybridized carbons (Fsp3) is 0.333. The van der Waals surface area contributed by atoms with Crippen LogP contribution in [0, 0.1) is 5.41 Å². The second-order valence-corrected chi connectivity index (χ2v) is 12.0. The van der Waals surface area contributed by atoms with Gasteiger partial charge in [0, 0.05) is 37.3 Å². The number of amidine groups is 1. The van der Waals surface area contributed by atoms with Gasteiger partial charge in [-0.05, 0) is 43.0 Å². The third-order valence-corrected chi connectivity index (χ3v) is 8.88. The summed E-state index contributed by atoms with van der Waals surface area (Å²) in [4.78, 5) is 14.9. The number of nitrogens with two attached hydrogens (primary N) is 1. The van der Waals surface area contributed by atoms with E-state index in [1.54, 1.807) is 12.1 Å². The van der Waals surface area contributed by atoms with E-state index in [2.05, 4.69) is 17.1 Å². The summed E-state index contributed by atoms with van der Waals surface area (Å²) in [5.74, 6) is -0.0758. The Balaban J connectivity index is 1.33. The first kappa shape index (κ1) is 28.3. The number of nitrogens with one attached hydrogen (secondary N) is 2. The van der Waals surface area contributed by atoms with Gasteiger partial charge in [-0.3, -0.25) is 19.4 Å². The summed E-state index contributed by atoms with van der Waals surface area (Å²) in [6, 6.07) is 25.8. The van der Waals surface area contributed by atoms with Crippen molar-refractivity contribution >= 4 is 27.5 Å². The second-order valence-electron chi connectivity index (χ2n) is 10.1. The highest BCUT2D eigenvalue weighted by molar-refractivity contribution is 7.92. The van der Waals surface area contributed by atoms with E-state index in [9.17, 15) is 13.2 Å². The number of benzene rings is 3. The molecule has 0 aliphatic carbocycles. The molecule has 1 fully saturated rings. The lowest BCUT2D eigenvalue weighted by atomic mass is 10.0. The first-order valence-corrected chi connectivity index (χ1v) is 14.9. The molecule has 3 aromatic rings. The number of nitrogens with zero attached hydrogens (tertiary/aromatic N) is 2. The van der Waals surface area contributed by atoms with Crippen LogP contribution in [0.25, 0.3) is 0 Å². The van der Waals surface area contributed by atoms with Crippen LogP contribution in [-0.4, -0.2) is 56.8 Å². The number of hydrogen-bond donors (Lipinski definition) is 3. The van der Waals surface area contributed by atoms with Gasteiger partial charge in [0.25, 0.3) is 0 Å². The number of anilines is 1. The van der Waals surface area contributed by atoms with Crippen LogP contribution in [0.2, 0.25) is 0 Å². The molecule has 3 aromatic carbocycles. The molecule has 1 amide bonds. The van der Waals surface area contributed by atoms with Crippen LogP contribution in [0.15, 0.2) is 84.9 Å². The molecule has 0 spiro atoms. The summed E-state index contributed by atoms with van der Waals surface area (Å²) >= 11 is 0. The van der Waals surface area contributed by atoms with Gasteiger partial charge in [0.1, 0.15) is 5.84 Å². The molecular formula is C30H37N5O3S. The number of hydrogen-bond acceptors (Lipinski definition) is 5. The Hall–Kier alpha value is -3.69. The Labute approximate surface area is 231 Å². The lowest BCUT2D eigenvalue weighted by Gasteiger charge is -2.38. The SMILES string of the molecule is C[C@H](CN(c1ccccc1)S(=O)(=O)Cc1ccccc1)N1CCC(NC(=O)Cc2ccc(C(=N)N)cc2)CC1. The highest BCUT2D eigenvalue weighted by atomic mass is 32.2. The number of rotatable bonds is 11. The fourth-order valence-corrected chi connectivity index (χ4v) is 6.60. The molecule has 0 unspecified atom stereocenters. The van der Waals surface area contributed by atoms with E-state index in [4.69, 9.17) is 11.1 Å². The van der Waals surface area contributed by atoms with Gasteiger partial charge in [0.05, 0.1) is 17.9 Å². The predicted octanol–water partition coefficient (Wildman–Crippen LogP) is 3.52. The monoisotopic (exact) mass is 547 g/mol. The van der Waals surface area contributed by atoms with Crippen molar-refractivity contribution in [2.45, 2.75) is 44.0 Å². The summed E-state index contributed by atoms with van der Waals surface area (Å²) in [5, 5.41) is 10.6. The van der Waals surface area contributed by atoms with Crippen LogP contribution >= 0.6 is 0 Å². The standard InChI is InChI=1S/C30H37N5O3S/c1-23(21-35(28-10-6-3-7-11-28)39(37,38)22-25-8-4-2-5-9-25)34-18-16-27(17-19-34)33-29(36)20-24-12-14-26(15-13-24)30(31)32/h2-15,23,27H,16-22H2,1H3,(H3,31,32)(H,33,36)/t23-/m1/s1. The lowest BCUT2D eigenvalue weighted by molar-refractivity contribution is -0.121. The molecule has 1 atom stereocenters. The van der Waals surface area contributed by atoms with E-state index < -0.39 is 10.0 Å². The van der Waals surface area contributed by atoms with Gasteiger partial charge in [-0.25, -0.2) is 8.42 Å². The van der Waals surface area contributed by atoms with Gasteiger partial charge >= 0.3 is 0 Å². The molecule has 39 heavy (non-hydrogen) atoms. The van der Waals surface area contributed by atoms with E-state index in [0.29, 0.717) is 17.8 Å². The third kappa shape index (κ3) is 7.91. The van der Waals surface area contributed by atoms with Crippen molar-refractivity contribution in [3.63, 3.8) is 0 Å². The quantitative estimate of drug-likeness (QED) is 0.251. The molecule has 4 N–H and O–H groups in total. The number of sulfonamides is 1. The van der Waals surface area contributed by atoms with E-state index >= 15 is 0 Å². The second kappa shape index (κ2) is 12.9. The Morgan fingerprint density at radius 3 is 2.15 bits per heavy atom. The van der Waals surface area contributed by atoms with Crippen LogP contribution in [-0.2, 0) is 27.0 Å². The van der Waals surface area contributed by atoms with Crippen molar-refractivity contribution < 1.29 is 13.2 Å². The Kier molecular flexibility index (Phi) is 9.37. The third-order valence-electron chi connectivity index (χ3n) is 7.15. The molecular weight excluding hydrogens is 510 g/mol. The average molecular weight is 548 g/mol. The smallest absolute Gasteiger partial charge is 0.239 e. The zero-order valence-corrected chi connectivity index (χ0v) is 23.1. The molecule has 1 aliphatic heterocycles. The number of nitrogen functional groups attached to an aromatic ring is 1. The van der Waals surface area contributed by atoms with Crippen LogP contribution in [0.4, 0.5) is 5.69 Å². The summed E-state index contributed by atoms with van der Waals surface area (Å²) in [6.07, 6.45) is 1.89. The maximum absolute atomic E-state index is 13.5. The summed E-state index contributed by atoms with van der Waals surface area (Å²) in [5.41, 5.74) is 8.44. The van der Waals surface area contributed by atoms with Gasteiger partial charge in [0.2, 0.25) is 15.9 Å². The van der Waals surface area contributed by atoms with E-state index in [1.165, 1.54) is 4.31 Å². The van der Waals surface area contributed by atoms with Crippen LogP contribution in [0.5, 0.6) is 0 Å². The first-order valence-electron chi connectivity index (χ1n) is 13.3. The highest BCUT2D eigenvalue weighted by Crippen LogP contribution is 2.23. The largest absolute Gasteiger partial charge is 0.384 e. The zero-order chi connectivity index (χ0) is 27.8. The number of para-hydroxylation sites is 1. The molecule has 0 aromatic heterocycles. The van der Waals surface area contributed by atoms with Gasteiger partial charge in [-0.15, -0.1) is 0 Å². The van der Waals surface area contributed by atoms with Crippen molar-refractivity contribution in [1.29, 1.82) is 5.41 Å². The molecule has 0 radical (unpaired) electrons. The molecule has 1 saturated heterocycles. The summed E-state index contributed by atoms with van der Waals surface area (Å²) in [6.45, 7) is 3.98. The number of carbonyl (C=O) groups excluding carboxylic acids is 1. The van der Waals surface area contributed by atoms with Gasteiger partial charge in [0.15, 0.2) is 0 Å².